The van der Waals surface area contributed by atoms with Crippen LogP contribution in [0.4, 0.5) is 5.69 Å². The van der Waals surface area contributed by atoms with Crippen molar-refractivity contribution < 1.29 is 14.4 Å². The van der Waals surface area contributed by atoms with E-state index in [1.165, 1.54) is 26.4 Å². The first-order chi connectivity index (χ1) is 10.9. The molecule has 0 aliphatic carbocycles. The number of ether oxygens (including phenoxy) is 2. The second kappa shape index (κ2) is 6.19. The van der Waals surface area contributed by atoms with E-state index in [0.29, 0.717) is 11.3 Å². The van der Waals surface area contributed by atoms with Crippen molar-refractivity contribution in [2.75, 3.05) is 14.2 Å². The first-order valence-electron chi connectivity index (χ1n) is 6.47. The number of hydrogen-bond donors (Lipinski definition) is 1. The van der Waals surface area contributed by atoms with Gasteiger partial charge in [0, 0.05) is 17.3 Å². The van der Waals surface area contributed by atoms with Crippen LogP contribution in [0.1, 0.15) is 11.3 Å². The molecule has 0 saturated carbocycles. The van der Waals surface area contributed by atoms with Gasteiger partial charge in [0.05, 0.1) is 19.1 Å². The van der Waals surface area contributed by atoms with Gasteiger partial charge in [-0.05, 0) is 24.6 Å². The van der Waals surface area contributed by atoms with E-state index in [9.17, 15) is 20.2 Å². The summed E-state index contributed by atoms with van der Waals surface area (Å²) in [4.78, 5) is 25.1. The summed E-state index contributed by atoms with van der Waals surface area (Å²) in [6, 6.07) is 6.13. The zero-order valence-electron chi connectivity index (χ0n) is 12.7. The summed E-state index contributed by atoms with van der Waals surface area (Å²) >= 11 is 0. The number of nitrogens with one attached hydrogen (secondary N) is 1. The lowest BCUT2D eigenvalue weighted by Gasteiger charge is -2.11. The molecule has 0 amide bonds. The molecule has 1 N–H and O–H groups in total. The number of nitro benzene ring substituents is 1. The largest absolute Gasteiger partial charge is 0.493 e. The van der Waals surface area contributed by atoms with Crippen LogP contribution in [-0.4, -0.2) is 24.1 Å². The van der Waals surface area contributed by atoms with Gasteiger partial charge in [-0.1, -0.05) is 0 Å². The maximum atomic E-state index is 11.9. The number of H-pyrrole nitrogens is 1. The SMILES string of the molecule is COc1cc(-c2cc(C)[nH]c(=O)c2C#N)cc([N+](=O)[O-])c1OC. The van der Waals surface area contributed by atoms with Crippen LogP contribution in [0.2, 0.25) is 0 Å². The summed E-state index contributed by atoms with van der Waals surface area (Å²) < 4.78 is 10.1. The van der Waals surface area contributed by atoms with Gasteiger partial charge in [-0.3, -0.25) is 14.9 Å². The average Bonchev–Trinajstić information content (AvgIpc) is 2.52. The number of nitriles is 1. The molecule has 0 fully saturated rings. The Hall–Kier alpha value is -3.34. The third kappa shape index (κ3) is 2.85. The Morgan fingerprint density at radius 1 is 1.26 bits per heavy atom. The molecular formula is C15H13N3O5. The summed E-state index contributed by atoms with van der Waals surface area (Å²) in [7, 11) is 2.64. The number of aromatic nitrogens is 1. The van der Waals surface area contributed by atoms with Gasteiger partial charge in [0.1, 0.15) is 11.6 Å². The summed E-state index contributed by atoms with van der Waals surface area (Å²) in [5.41, 5.74) is 0.139. The molecule has 8 heteroatoms. The van der Waals surface area contributed by atoms with Crippen LogP contribution in [0.5, 0.6) is 11.5 Å². The van der Waals surface area contributed by atoms with Crippen LogP contribution in [0.15, 0.2) is 23.0 Å². The number of aryl methyl sites for hydroxylation is 1. The Kier molecular flexibility index (Phi) is 4.32. The molecule has 1 heterocycles. The normalized spacial score (nSPS) is 10.0. The molecule has 118 valence electrons. The van der Waals surface area contributed by atoms with Crippen molar-refractivity contribution >= 4 is 5.69 Å². The van der Waals surface area contributed by atoms with Gasteiger partial charge in [-0.2, -0.15) is 5.26 Å². The number of methoxy groups -OCH3 is 2. The molecule has 2 rings (SSSR count). The molecule has 0 radical (unpaired) electrons. The number of hydrogen-bond acceptors (Lipinski definition) is 6. The molecule has 0 bridgehead atoms. The predicted octanol–water partition coefficient (Wildman–Crippen LogP) is 2.15. The van der Waals surface area contributed by atoms with E-state index in [1.54, 1.807) is 13.0 Å². The minimum absolute atomic E-state index is 0.0266. The van der Waals surface area contributed by atoms with Crippen molar-refractivity contribution in [3.05, 3.63) is 49.9 Å². The fourth-order valence-corrected chi connectivity index (χ4v) is 2.26. The van der Waals surface area contributed by atoms with E-state index >= 15 is 0 Å². The van der Waals surface area contributed by atoms with E-state index < -0.39 is 10.5 Å². The van der Waals surface area contributed by atoms with Crippen molar-refractivity contribution in [3.63, 3.8) is 0 Å². The summed E-state index contributed by atoms with van der Waals surface area (Å²) in [6.45, 7) is 1.65. The Labute approximate surface area is 131 Å². The number of benzene rings is 1. The van der Waals surface area contributed by atoms with E-state index in [-0.39, 0.29) is 28.3 Å². The van der Waals surface area contributed by atoms with Gasteiger partial charge in [-0.15, -0.1) is 0 Å². The lowest BCUT2D eigenvalue weighted by Crippen LogP contribution is -2.12. The Morgan fingerprint density at radius 3 is 2.48 bits per heavy atom. The molecule has 0 unspecified atom stereocenters. The summed E-state index contributed by atoms with van der Waals surface area (Å²) in [5.74, 6) is 0.111. The van der Waals surface area contributed by atoms with E-state index in [2.05, 4.69) is 4.98 Å². The number of rotatable bonds is 4. The predicted molar refractivity (Wildman–Crippen MR) is 81.7 cm³/mol. The van der Waals surface area contributed by atoms with Crippen molar-refractivity contribution in [2.45, 2.75) is 6.92 Å². The van der Waals surface area contributed by atoms with Gasteiger partial charge >= 0.3 is 5.69 Å². The molecule has 0 atom stereocenters. The monoisotopic (exact) mass is 315 g/mol. The fourth-order valence-electron chi connectivity index (χ4n) is 2.26. The highest BCUT2D eigenvalue weighted by molar-refractivity contribution is 5.76. The summed E-state index contributed by atoms with van der Waals surface area (Å²) in [6.07, 6.45) is 0. The number of pyridine rings is 1. The zero-order valence-corrected chi connectivity index (χ0v) is 12.7. The second-order valence-electron chi connectivity index (χ2n) is 4.67. The average molecular weight is 315 g/mol. The lowest BCUT2D eigenvalue weighted by atomic mass is 10.00. The third-order valence-electron chi connectivity index (χ3n) is 3.25. The first-order valence-corrected chi connectivity index (χ1v) is 6.47. The number of nitro groups is 1. The minimum Gasteiger partial charge on any atom is -0.493 e. The smallest absolute Gasteiger partial charge is 0.315 e. The van der Waals surface area contributed by atoms with Crippen molar-refractivity contribution in [1.29, 1.82) is 5.26 Å². The molecule has 2 aromatic rings. The second-order valence-corrected chi connectivity index (χ2v) is 4.67. The Morgan fingerprint density at radius 2 is 1.96 bits per heavy atom. The molecule has 1 aromatic carbocycles. The lowest BCUT2D eigenvalue weighted by molar-refractivity contribution is -0.385. The maximum Gasteiger partial charge on any atom is 0.315 e. The maximum absolute atomic E-state index is 11.9. The van der Waals surface area contributed by atoms with Crippen molar-refractivity contribution in [3.8, 4) is 28.7 Å². The van der Waals surface area contributed by atoms with E-state index in [1.807, 2.05) is 6.07 Å². The topological polar surface area (TPSA) is 118 Å². The number of aromatic amines is 1. The molecule has 1 aromatic heterocycles. The van der Waals surface area contributed by atoms with E-state index in [0.717, 1.165) is 0 Å². The molecule has 0 aliphatic heterocycles. The minimum atomic E-state index is -0.614. The van der Waals surface area contributed by atoms with Gasteiger partial charge in [0.15, 0.2) is 5.75 Å². The van der Waals surface area contributed by atoms with Crippen molar-refractivity contribution in [2.24, 2.45) is 0 Å². The quantitative estimate of drug-likeness (QED) is 0.682. The highest BCUT2D eigenvalue weighted by Crippen LogP contribution is 2.41. The first kappa shape index (κ1) is 16.0. The van der Waals surface area contributed by atoms with Crippen LogP contribution in [0.25, 0.3) is 11.1 Å². The molecule has 23 heavy (non-hydrogen) atoms. The summed E-state index contributed by atoms with van der Waals surface area (Å²) in [5, 5.41) is 20.5. The standard InChI is InChI=1S/C15H13N3O5/c1-8-4-10(11(7-16)15(19)17-8)9-5-12(18(20)21)14(23-3)13(6-9)22-2/h4-6H,1-3H3,(H,17,19). The molecule has 0 aliphatic rings. The Bertz CT molecular complexity index is 880. The van der Waals surface area contributed by atoms with Gasteiger partial charge < -0.3 is 14.5 Å². The Balaban J connectivity index is 2.85. The highest BCUT2D eigenvalue weighted by atomic mass is 16.6. The van der Waals surface area contributed by atoms with Gasteiger partial charge in [-0.25, -0.2) is 0 Å². The third-order valence-corrected chi connectivity index (χ3v) is 3.25. The highest BCUT2D eigenvalue weighted by Gasteiger charge is 2.23. The van der Waals surface area contributed by atoms with Crippen LogP contribution < -0.4 is 15.0 Å². The van der Waals surface area contributed by atoms with Crippen molar-refractivity contribution in [1.82, 2.24) is 4.98 Å². The molecule has 8 nitrogen and oxygen atoms in total. The number of nitrogens with zero attached hydrogens (tertiary/aromatic N) is 2. The molecule has 0 spiro atoms. The molecular weight excluding hydrogens is 302 g/mol. The fraction of sp³-hybridized carbons (Fsp3) is 0.200. The van der Waals surface area contributed by atoms with Crippen LogP contribution in [0.3, 0.4) is 0 Å². The van der Waals surface area contributed by atoms with Gasteiger partial charge in [0.2, 0.25) is 5.75 Å². The van der Waals surface area contributed by atoms with Crippen LogP contribution in [0, 0.1) is 28.4 Å². The molecule has 0 saturated heterocycles. The zero-order chi connectivity index (χ0) is 17.1. The van der Waals surface area contributed by atoms with E-state index in [4.69, 9.17) is 9.47 Å². The van der Waals surface area contributed by atoms with Crippen LogP contribution in [-0.2, 0) is 0 Å². The van der Waals surface area contributed by atoms with Crippen LogP contribution >= 0.6 is 0 Å². The van der Waals surface area contributed by atoms with Gasteiger partial charge in [0.25, 0.3) is 5.56 Å².